The van der Waals surface area contributed by atoms with E-state index in [1.807, 2.05) is 0 Å². The Morgan fingerprint density at radius 1 is 1.14 bits per heavy atom. The Balaban J connectivity index is 1.91. The number of fused-ring (bicyclic) bond motifs is 1. The summed E-state index contributed by atoms with van der Waals surface area (Å²) in [6.07, 6.45) is 2.62. The molecule has 0 atom stereocenters. The van der Waals surface area contributed by atoms with Crippen molar-refractivity contribution in [3.63, 3.8) is 0 Å². The standard InChI is InChI=1S/C13H11ClN2O4S/c14-10-3-4-15-8-13(10)21(17,18)16-9-1-2-11-12(7-9)20-6-5-19-11/h1-4,7-8,16H,5-6H2. The number of benzene rings is 1. The molecule has 8 heteroatoms. The van der Waals surface area contributed by atoms with Crippen molar-refractivity contribution in [2.45, 2.75) is 4.90 Å². The largest absolute Gasteiger partial charge is 0.486 e. The van der Waals surface area contributed by atoms with Gasteiger partial charge in [-0.3, -0.25) is 9.71 Å². The molecule has 0 amide bonds. The number of nitrogens with zero attached hydrogens (tertiary/aromatic N) is 1. The van der Waals surface area contributed by atoms with Crippen molar-refractivity contribution in [1.29, 1.82) is 0 Å². The molecule has 6 nitrogen and oxygen atoms in total. The van der Waals surface area contributed by atoms with Crippen LogP contribution in [0.25, 0.3) is 0 Å². The highest BCUT2D eigenvalue weighted by atomic mass is 35.5. The van der Waals surface area contributed by atoms with Crippen LogP contribution in [0.5, 0.6) is 11.5 Å². The summed E-state index contributed by atoms with van der Waals surface area (Å²) in [6.45, 7) is 0.904. The molecule has 1 N–H and O–H groups in total. The van der Waals surface area contributed by atoms with Crippen LogP contribution in [0.3, 0.4) is 0 Å². The minimum absolute atomic E-state index is 0.0819. The van der Waals surface area contributed by atoms with Crippen LogP contribution in [-0.2, 0) is 10.0 Å². The number of halogens is 1. The molecular formula is C13H11ClN2O4S. The van der Waals surface area contributed by atoms with Gasteiger partial charge in [0.2, 0.25) is 0 Å². The molecular weight excluding hydrogens is 316 g/mol. The van der Waals surface area contributed by atoms with Gasteiger partial charge >= 0.3 is 0 Å². The summed E-state index contributed by atoms with van der Waals surface area (Å²) in [6, 6.07) is 6.22. The fraction of sp³-hybridized carbons (Fsp3) is 0.154. The summed E-state index contributed by atoms with van der Waals surface area (Å²) in [4.78, 5) is 3.69. The molecule has 2 heterocycles. The SMILES string of the molecule is O=S(=O)(Nc1ccc2c(c1)OCCO2)c1cnccc1Cl. The fourth-order valence-corrected chi connectivity index (χ4v) is 3.36. The second-order valence-electron chi connectivity index (χ2n) is 4.27. The van der Waals surface area contributed by atoms with Gasteiger partial charge in [-0.1, -0.05) is 11.6 Å². The Morgan fingerprint density at radius 3 is 2.67 bits per heavy atom. The van der Waals surface area contributed by atoms with E-state index in [1.165, 1.54) is 18.5 Å². The number of hydrogen-bond donors (Lipinski definition) is 1. The maximum Gasteiger partial charge on any atom is 0.264 e. The first-order valence-corrected chi connectivity index (χ1v) is 7.94. The zero-order valence-electron chi connectivity index (χ0n) is 10.7. The molecule has 0 radical (unpaired) electrons. The van der Waals surface area contributed by atoms with Crippen LogP contribution >= 0.6 is 11.6 Å². The van der Waals surface area contributed by atoms with E-state index in [4.69, 9.17) is 21.1 Å². The van der Waals surface area contributed by atoms with Gasteiger partial charge in [0.25, 0.3) is 10.0 Å². The number of anilines is 1. The smallest absolute Gasteiger partial charge is 0.264 e. The molecule has 0 unspecified atom stereocenters. The molecule has 1 aliphatic rings. The Bertz CT molecular complexity index is 779. The van der Waals surface area contributed by atoms with Crippen LogP contribution in [0, 0.1) is 0 Å². The zero-order valence-corrected chi connectivity index (χ0v) is 12.3. The van der Waals surface area contributed by atoms with Crippen molar-refractivity contribution in [2.24, 2.45) is 0 Å². The third-order valence-corrected chi connectivity index (χ3v) is 4.67. The molecule has 0 saturated heterocycles. The Labute approximate surface area is 126 Å². The lowest BCUT2D eigenvalue weighted by Gasteiger charge is -2.19. The highest BCUT2D eigenvalue weighted by Crippen LogP contribution is 2.33. The molecule has 2 aromatic rings. The van der Waals surface area contributed by atoms with Gasteiger partial charge in [0.15, 0.2) is 11.5 Å². The highest BCUT2D eigenvalue weighted by molar-refractivity contribution is 7.92. The predicted octanol–water partition coefficient (Wildman–Crippen LogP) is 2.31. The van der Waals surface area contributed by atoms with Crippen molar-refractivity contribution in [2.75, 3.05) is 17.9 Å². The van der Waals surface area contributed by atoms with Gasteiger partial charge < -0.3 is 9.47 Å². The molecule has 0 aliphatic carbocycles. The molecule has 0 spiro atoms. The predicted molar refractivity (Wildman–Crippen MR) is 77.5 cm³/mol. The minimum Gasteiger partial charge on any atom is -0.486 e. The Hall–Kier alpha value is -1.99. The van der Waals surface area contributed by atoms with E-state index in [2.05, 4.69) is 9.71 Å². The maximum atomic E-state index is 12.3. The summed E-state index contributed by atoms with van der Waals surface area (Å²) >= 11 is 5.89. The number of aromatic nitrogens is 1. The first kappa shape index (κ1) is 14.0. The number of ether oxygens (including phenoxy) is 2. The van der Waals surface area contributed by atoms with Gasteiger partial charge in [0, 0.05) is 18.5 Å². The number of rotatable bonds is 3. The van der Waals surface area contributed by atoms with Crippen LogP contribution in [0.15, 0.2) is 41.6 Å². The van der Waals surface area contributed by atoms with Crippen molar-refractivity contribution >= 4 is 27.3 Å². The minimum atomic E-state index is -3.81. The van der Waals surface area contributed by atoms with Crippen molar-refractivity contribution in [3.8, 4) is 11.5 Å². The van der Waals surface area contributed by atoms with Crippen LogP contribution < -0.4 is 14.2 Å². The van der Waals surface area contributed by atoms with E-state index in [1.54, 1.807) is 18.2 Å². The van der Waals surface area contributed by atoms with Crippen molar-refractivity contribution in [1.82, 2.24) is 4.98 Å². The molecule has 110 valence electrons. The van der Waals surface area contributed by atoms with Gasteiger partial charge in [0.1, 0.15) is 18.1 Å². The zero-order chi connectivity index (χ0) is 14.9. The van der Waals surface area contributed by atoms with Crippen molar-refractivity contribution < 1.29 is 17.9 Å². The second kappa shape index (κ2) is 5.42. The molecule has 1 aromatic heterocycles. The molecule has 21 heavy (non-hydrogen) atoms. The number of sulfonamides is 1. The van der Waals surface area contributed by atoms with E-state index in [0.29, 0.717) is 30.4 Å². The molecule has 3 rings (SSSR count). The molecule has 1 aliphatic heterocycles. The first-order valence-electron chi connectivity index (χ1n) is 6.08. The molecule has 0 saturated carbocycles. The third kappa shape index (κ3) is 2.88. The van der Waals surface area contributed by atoms with Crippen LogP contribution in [0.1, 0.15) is 0 Å². The lowest BCUT2D eigenvalue weighted by molar-refractivity contribution is 0.171. The van der Waals surface area contributed by atoms with Crippen LogP contribution in [0.2, 0.25) is 5.02 Å². The second-order valence-corrected chi connectivity index (χ2v) is 6.33. The number of nitrogens with one attached hydrogen (secondary N) is 1. The molecule has 0 bridgehead atoms. The molecule has 0 fully saturated rings. The van der Waals surface area contributed by atoms with Gasteiger partial charge in [0.05, 0.1) is 10.7 Å². The average Bonchev–Trinajstić information content (AvgIpc) is 2.47. The topological polar surface area (TPSA) is 77.5 Å². The van der Waals surface area contributed by atoms with E-state index in [-0.39, 0.29) is 9.92 Å². The first-order chi connectivity index (χ1) is 10.1. The van der Waals surface area contributed by atoms with E-state index in [9.17, 15) is 8.42 Å². The quantitative estimate of drug-likeness (QED) is 0.936. The third-order valence-electron chi connectivity index (χ3n) is 2.82. The van der Waals surface area contributed by atoms with Gasteiger partial charge in [-0.25, -0.2) is 8.42 Å². The number of pyridine rings is 1. The summed E-state index contributed by atoms with van der Waals surface area (Å²) in [5, 5.41) is 0.107. The molecule has 1 aromatic carbocycles. The summed E-state index contributed by atoms with van der Waals surface area (Å²) in [7, 11) is -3.81. The van der Waals surface area contributed by atoms with Crippen LogP contribution in [-0.4, -0.2) is 26.6 Å². The lowest BCUT2D eigenvalue weighted by Crippen LogP contribution is -2.17. The van der Waals surface area contributed by atoms with Gasteiger partial charge in [-0.2, -0.15) is 0 Å². The normalized spacial score (nSPS) is 13.8. The summed E-state index contributed by atoms with van der Waals surface area (Å²) in [5.41, 5.74) is 0.360. The Morgan fingerprint density at radius 2 is 1.90 bits per heavy atom. The fourth-order valence-electron chi connectivity index (χ4n) is 1.88. The van der Waals surface area contributed by atoms with Gasteiger partial charge in [-0.05, 0) is 18.2 Å². The summed E-state index contributed by atoms with van der Waals surface area (Å²) in [5.74, 6) is 1.09. The van der Waals surface area contributed by atoms with E-state index < -0.39 is 10.0 Å². The Kier molecular flexibility index (Phi) is 3.60. The van der Waals surface area contributed by atoms with E-state index >= 15 is 0 Å². The highest BCUT2D eigenvalue weighted by Gasteiger charge is 2.19. The van der Waals surface area contributed by atoms with E-state index in [0.717, 1.165) is 0 Å². The lowest BCUT2D eigenvalue weighted by atomic mass is 10.3. The average molecular weight is 327 g/mol. The van der Waals surface area contributed by atoms with Gasteiger partial charge in [-0.15, -0.1) is 0 Å². The number of hydrogen-bond acceptors (Lipinski definition) is 5. The van der Waals surface area contributed by atoms with Crippen molar-refractivity contribution in [3.05, 3.63) is 41.7 Å². The van der Waals surface area contributed by atoms with Crippen LogP contribution in [0.4, 0.5) is 5.69 Å². The monoisotopic (exact) mass is 326 g/mol. The summed E-state index contributed by atoms with van der Waals surface area (Å²) < 4.78 is 37.8. The maximum absolute atomic E-state index is 12.3.